The third-order valence-electron chi connectivity index (χ3n) is 15.2. The summed E-state index contributed by atoms with van der Waals surface area (Å²) in [6.07, 6.45) is 0. The van der Waals surface area contributed by atoms with Gasteiger partial charge in [0, 0.05) is 39.4 Å². The zero-order valence-electron chi connectivity index (χ0n) is 40.5. The minimum Gasteiger partial charge on any atom is -0.311 e. The van der Waals surface area contributed by atoms with Crippen molar-refractivity contribution in [1.29, 1.82) is 0 Å². The second-order valence-corrected chi connectivity index (χ2v) is 21.8. The highest BCUT2D eigenvalue weighted by Gasteiger charge is 2.44. The lowest BCUT2D eigenvalue weighted by Crippen LogP contribution is -2.61. The monoisotopic (exact) mass is 876 g/mol. The first-order chi connectivity index (χ1) is 32.8. The van der Waals surface area contributed by atoms with Crippen LogP contribution < -0.4 is 26.2 Å². The third kappa shape index (κ3) is 6.54. The Morgan fingerprint density at radius 2 is 0.868 bits per heavy atom. The summed E-state index contributed by atoms with van der Waals surface area (Å²) >= 11 is 0. The van der Waals surface area contributed by atoms with E-state index in [2.05, 4.69) is 265 Å². The lowest BCUT2D eigenvalue weighted by atomic mass is 9.33. The van der Waals surface area contributed by atoms with E-state index in [4.69, 9.17) is 0 Å². The van der Waals surface area contributed by atoms with Crippen LogP contribution in [0.5, 0.6) is 0 Å². The molecule has 0 unspecified atom stereocenters. The first-order valence-corrected chi connectivity index (χ1v) is 24.4. The minimum atomic E-state index is -0.0554. The second-order valence-electron chi connectivity index (χ2n) is 21.8. The van der Waals surface area contributed by atoms with Gasteiger partial charge in [0.1, 0.15) is 0 Å². The lowest BCUT2D eigenvalue weighted by Gasteiger charge is -2.45. The van der Waals surface area contributed by atoms with Gasteiger partial charge >= 0.3 is 0 Å². The molecule has 0 saturated heterocycles. The predicted molar refractivity (Wildman–Crippen MR) is 292 cm³/mol. The van der Waals surface area contributed by atoms with Crippen molar-refractivity contribution in [3.05, 3.63) is 222 Å². The highest BCUT2D eigenvalue weighted by molar-refractivity contribution is 7.00. The average molecular weight is 877 g/mol. The fraction of sp³-hybridized carbons (Fsp3) is 0.169. The van der Waals surface area contributed by atoms with Crippen LogP contribution in [0.25, 0.3) is 44.5 Å². The maximum Gasteiger partial charge on any atom is 0.252 e. The van der Waals surface area contributed by atoms with Gasteiger partial charge in [-0.2, -0.15) is 0 Å². The summed E-state index contributed by atoms with van der Waals surface area (Å²) in [4.78, 5) is 5.12. The molecule has 12 rings (SSSR count). The van der Waals surface area contributed by atoms with Crippen molar-refractivity contribution in [3.63, 3.8) is 0 Å². The molecule has 0 spiro atoms. The molecule has 2 heterocycles. The van der Waals surface area contributed by atoms with Crippen molar-refractivity contribution < 1.29 is 0 Å². The van der Waals surface area contributed by atoms with E-state index in [0.717, 1.165) is 11.4 Å². The van der Waals surface area contributed by atoms with Crippen LogP contribution >= 0.6 is 0 Å². The van der Waals surface area contributed by atoms with Crippen molar-refractivity contribution >= 4 is 57.2 Å². The Hall–Kier alpha value is -7.36. The number of hydrogen-bond donors (Lipinski definition) is 0. The first kappa shape index (κ1) is 42.0. The van der Waals surface area contributed by atoms with Crippen LogP contribution in [-0.2, 0) is 16.2 Å². The summed E-state index contributed by atoms with van der Waals surface area (Å²) in [6, 6.07) is 75.6. The smallest absolute Gasteiger partial charge is 0.252 e. The molecule has 2 aliphatic heterocycles. The normalized spacial score (nSPS) is 14.2. The van der Waals surface area contributed by atoms with Crippen LogP contribution in [0.1, 0.15) is 77.6 Å². The molecule has 0 amide bonds. The number of nitrogens with zero attached hydrogens (tertiary/aromatic N) is 2. The van der Waals surface area contributed by atoms with Gasteiger partial charge in [-0.05, 0) is 137 Å². The third-order valence-corrected chi connectivity index (χ3v) is 15.2. The highest BCUT2D eigenvalue weighted by Crippen LogP contribution is 2.53. The Labute approximate surface area is 403 Å². The molecule has 3 heteroatoms. The largest absolute Gasteiger partial charge is 0.311 e. The van der Waals surface area contributed by atoms with Crippen LogP contribution in [0.3, 0.4) is 0 Å². The number of hydrogen-bond acceptors (Lipinski definition) is 2. The van der Waals surface area contributed by atoms with Gasteiger partial charge in [-0.1, -0.05) is 207 Å². The Kier molecular flexibility index (Phi) is 9.48. The summed E-state index contributed by atoms with van der Waals surface area (Å²) < 4.78 is 0. The predicted octanol–water partition coefficient (Wildman–Crippen LogP) is 15.7. The van der Waals surface area contributed by atoms with Crippen molar-refractivity contribution in [3.8, 4) is 44.5 Å². The first-order valence-electron chi connectivity index (χ1n) is 24.4. The molecule has 0 saturated carbocycles. The molecule has 2 nitrogen and oxygen atoms in total. The van der Waals surface area contributed by atoms with Crippen LogP contribution in [0.4, 0.5) is 34.1 Å². The van der Waals surface area contributed by atoms with Gasteiger partial charge in [-0.3, -0.25) is 0 Å². The zero-order valence-corrected chi connectivity index (χ0v) is 40.5. The van der Waals surface area contributed by atoms with Crippen LogP contribution in [-0.4, -0.2) is 6.71 Å². The molecule has 68 heavy (non-hydrogen) atoms. The van der Waals surface area contributed by atoms with E-state index >= 15 is 0 Å². The number of rotatable bonds is 5. The van der Waals surface area contributed by atoms with Crippen LogP contribution in [0, 0.1) is 0 Å². The summed E-state index contributed by atoms with van der Waals surface area (Å²) in [5, 5.41) is 0. The van der Waals surface area contributed by atoms with Gasteiger partial charge in [0.25, 0.3) is 6.71 Å². The van der Waals surface area contributed by atoms with E-state index in [9.17, 15) is 0 Å². The fourth-order valence-electron chi connectivity index (χ4n) is 11.6. The van der Waals surface area contributed by atoms with Gasteiger partial charge in [-0.25, -0.2) is 0 Å². The Morgan fingerprint density at radius 1 is 0.368 bits per heavy atom. The second kappa shape index (κ2) is 15.3. The van der Waals surface area contributed by atoms with Gasteiger partial charge in [-0.15, -0.1) is 0 Å². The topological polar surface area (TPSA) is 6.48 Å². The molecule has 0 bridgehead atoms. The Morgan fingerprint density at radius 3 is 1.51 bits per heavy atom. The van der Waals surface area contributed by atoms with E-state index < -0.39 is 0 Å². The molecule has 0 fully saturated rings. The number of anilines is 6. The van der Waals surface area contributed by atoms with Gasteiger partial charge < -0.3 is 9.80 Å². The van der Waals surface area contributed by atoms with E-state index in [0.29, 0.717) is 0 Å². The van der Waals surface area contributed by atoms with Crippen molar-refractivity contribution in [2.24, 2.45) is 0 Å². The molecule has 0 aromatic heterocycles. The Balaban J connectivity index is 1.09. The van der Waals surface area contributed by atoms with E-state index in [1.54, 1.807) is 0 Å². The molecule has 3 aliphatic rings. The molecule has 1 aliphatic carbocycles. The summed E-state index contributed by atoms with van der Waals surface area (Å²) in [5.41, 5.74) is 26.6. The van der Waals surface area contributed by atoms with Crippen LogP contribution in [0.15, 0.2) is 200 Å². The van der Waals surface area contributed by atoms with Gasteiger partial charge in [0.05, 0.1) is 5.69 Å². The average Bonchev–Trinajstić information content (AvgIpc) is 3.59. The quantitative estimate of drug-likeness (QED) is 0.159. The lowest BCUT2D eigenvalue weighted by molar-refractivity contribution is 0.590. The summed E-state index contributed by atoms with van der Waals surface area (Å²) in [5.74, 6) is 0. The molecule has 330 valence electrons. The van der Waals surface area contributed by atoms with Gasteiger partial charge in [0.15, 0.2) is 0 Å². The van der Waals surface area contributed by atoms with Gasteiger partial charge in [0.2, 0.25) is 0 Å². The van der Waals surface area contributed by atoms with Crippen molar-refractivity contribution in [2.75, 3.05) is 9.80 Å². The summed E-state index contributed by atoms with van der Waals surface area (Å²) in [6.45, 7) is 18.8. The van der Waals surface area contributed by atoms with Crippen molar-refractivity contribution in [1.82, 2.24) is 0 Å². The van der Waals surface area contributed by atoms with Crippen LogP contribution in [0.2, 0.25) is 0 Å². The molecular formula is C65H57BN2. The summed E-state index contributed by atoms with van der Waals surface area (Å²) in [7, 11) is 0. The maximum atomic E-state index is 2.57. The SMILES string of the molecule is CC(C)(C)c1ccc2c(c1)B1c3cc(C(C)(C)C)ccc3N(c3ccc(-c4ccccc4)cc3-c3ccccc3)c3cccc(c31)N2c1ccc(-c2cccc3c2-c2ccccc2C3(C)C)cc1. The van der Waals surface area contributed by atoms with E-state index in [1.165, 1.54) is 106 Å². The minimum absolute atomic E-state index is 0.0154. The van der Waals surface area contributed by atoms with E-state index in [-0.39, 0.29) is 23.0 Å². The van der Waals surface area contributed by atoms with E-state index in [1.807, 2.05) is 0 Å². The maximum absolute atomic E-state index is 2.57. The standard InChI is InChI=1S/C65H57BN2/c1-63(2,3)46-32-37-57-54(40-46)66-55-41-47(64(4,5)6)33-38-58(55)68(56-36-31-45(42-19-11-9-12-20-42)39-51(56)43-21-13-10-14-22-43)60-28-18-27-59(62(60)66)67(57)48-34-29-44(30-35-48)49-24-17-26-53-61(49)50-23-15-16-25-52(50)65(53,7)8/h9-41H,1-8H3. The zero-order chi connectivity index (χ0) is 46.7. The number of benzene rings is 9. The number of fused-ring (bicyclic) bond motifs is 7. The molecule has 0 radical (unpaired) electrons. The molecule has 9 aromatic carbocycles. The molecule has 0 N–H and O–H groups in total. The highest BCUT2D eigenvalue weighted by atomic mass is 15.2. The molecule has 9 aromatic rings. The molecular weight excluding hydrogens is 820 g/mol. The molecule has 0 atom stereocenters. The Bertz CT molecular complexity index is 3440. The fourth-order valence-corrected chi connectivity index (χ4v) is 11.6. The van der Waals surface area contributed by atoms with Crippen molar-refractivity contribution in [2.45, 2.75) is 71.6 Å².